The van der Waals surface area contributed by atoms with Gasteiger partial charge in [-0.3, -0.25) is 4.90 Å². The predicted molar refractivity (Wildman–Crippen MR) is 69.5 cm³/mol. The summed E-state index contributed by atoms with van der Waals surface area (Å²) in [5, 5.41) is 0. The van der Waals surface area contributed by atoms with E-state index < -0.39 is 0 Å². The number of rotatable bonds is 3. The number of fused-ring (bicyclic) bond motifs is 1. The molecule has 1 aromatic rings. The molecule has 0 N–H and O–H groups in total. The predicted octanol–water partition coefficient (Wildman–Crippen LogP) is 2.69. The SMILES string of the molecule is CCOC(=O)c1cc2c(s1)CCN(C(C)C)C2. The molecular weight excluding hydrogens is 234 g/mol. The number of carbonyl (C=O) groups excluding carboxylic acids is 1. The molecule has 0 spiro atoms. The molecule has 0 fully saturated rings. The van der Waals surface area contributed by atoms with Crippen molar-refractivity contribution >= 4 is 17.3 Å². The number of thiophene rings is 1. The lowest BCUT2D eigenvalue weighted by molar-refractivity contribution is 0.0532. The summed E-state index contributed by atoms with van der Waals surface area (Å²) in [6.45, 7) is 8.76. The van der Waals surface area contributed by atoms with E-state index in [1.165, 1.54) is 10.4 Å². The molecule has 94 valence electrons. The van der Waals surface area contributed by atoms with Gasteiger partial charge in [0.05, 0.1) is 6.61 Å². The van der Waals surface area contributed by atoms with Gasteiger partial charge in [-0.05, 0) is 38.8 Å². The minimum atomic E-state index is -0.178. The molecule has 2 heterocycles. The number of hydrogen-bond donors (Lipinski definition) is 0. The highest BCUT2D eigenvalue weighted by Gasteiger charge is 2.22. The molecule has 17 heavy (non-hydrogen) atoms. The van der Waals surface area contributed by atoms with Crippen LogP contribution in [0.25, 0.3) is 0 Å². The Morgan fingerprint density at radius 2 is 2.35 bits per heavy atom. The molecule has 0 unspecified atom stereocenters. The number of nitrogens with zero attached hydrogens (tertiary/aromatic N) is 1. The molecule has 0 saturated heterocycles. The van der Waals surface area contributed by atoms with Crippen LogP contribution in [0.3, 0.4) is 0 Å². The molecule has 0 atom stereocenters. The van der Waals surface area contributed by atoms with Crippen LogP contribution in [-0.2, 0) is 17.7 Å². The number of ether oxygens (including phenoxy) is 1. The van der Waals surface area contributed by atoms with Crippen LogP contribution in [0, 0.1) is 0 Å². The summed E-state index contributed by atoms with van der Waals surface area (Å²) in [6.07, 6.45) is 1.05. The second kappa shape index (κ2) is 5.19. The first-order valence-corrected chi connectivity index (χ1v) is 6.96. The van der Waals surface area contributed by atoms with E-state index in [2.05, 4.69) is 18.7 Å². The van der Waals surface area contributed by atoms with Crippen molar-refractivity contribution in [3.8, 4) is 0 Å². The fourth-order valence-corrected chi connectivity index (χ4v) is 3.16. The first-order chi connectivity index (χ1) is 8.11. The Balaban J connectivity index is 2.14. The average Bonchev–Trinajstić information content (AvgIpc) is 2.71. The lowest BCUT2D eigenvalue weighted by Crippen LogP contribution is -2.35. The molecule has 0 bridgehead atoms. The standard InChI is InChI=1S/C13H19NO2S/c1-4-16-13(15)12-7-10-8-14(9(2)3)6-5-11(10)17-12/h7,9H,4-6,8H2,1-3H3. The highest BCUT2D eigenvalue weighted by atomic mass is 32.1. The van der Waals surface area contributed by atoms with Crippen LogP contribution in [0.15, 0.2) is 6.07 Å². The maximum Gasteiger partial charge on any atom is 0.348 e. The summed E-state index contributed by atoms with van der Waals surface area (Å²) in [7, 11) is 0. The third-order valence-electron chi connectivity index (χ3n) is 3.10. The lowest BCUT2D eigenvalue weighted by atomic mass is 10.1. The third-order valence-corrected chi connectivity index (χ3v) is 4.32. The van der Waals surface area contributed by atoms with E-state index in [9.17, 15) is 4.79 Å². The van der Waals surface area contributed by atoms with Crippen LogP contribution in [0.4, 0.5) is 0 Å². The molecule has 1 aliphatic heterocycles. The highest BCUT2D eigenvalue weighted by Crippen LogP contribution is 2.29. The van der Waals surface area contributed by atoms with Crippen molar-refractivity contribution in [3.63, 3.8) is 0 Å². The second-order valence-corrected chi connectivity index (χ2v) is 5.73. The smallest absolute Gasteiger partial charge is 0.348 e. The fraction of sp³-hybridized carbons (Fsp3) is 0.615. The van der Waals surface area contributed by atoms with Crippen molar-refractivity contribution in [1.82, 2.24) is 4.90 Å². The molecular formula is C13H19NO2S. The average molecular weight is 253 g/mol. The summed E-state index contributed by atoms with van der Waals surface area (Å²) in [6, 6.07) is 2.57. The van der Waals surface area contributed by atoms with Gasteiger partial charge in [-0.2, -0.15) is 0 Å². The Labute approximate surface area is 106 Å². The quantitative estimate of drug-likeness (QED) is 0.776. The summed E-state index contributed by atoms with van der Waals surface area (Å²) in [5.74, 6) is -0.178. The van der Waals surface area contributed by atoms with Gasteiger partial charge in [0.15, 0.2) is 0 Å². The molecule has 3 nitrogen and oxygen atoms in total. The second-order valence-electron chi connectivity index (χ2n) is 4.59. The Hall–Kier alpha value is -0.870. The Morgan fingerprint density at radius 1 is 1.59 bits per heavy atom. The number of esters is 1. The zero-order chi connectivity index (χ0) is 12.4. The lowest BCUT2D eigenvalue weighted by Gasteiger charge is -2.30. The largest absolute Gasteiger partial charge is 0.462 e. The molecule has 0 aliphatic carbocycles. The Kier molecular flexibility index (Phi) is 3.84. The van der Waals surface area contributed by atoms with Gasteiger partial charge >= 0.3 is 5.97 Å². The van der Waals surface area contributed by atoms with Crippen molar-refractivity contribution in [2.24, 2.45) is 0 Å². The van der Waals surface area contributed by atoms with E-state index in [0.717, 1.165) is 24.4 Å². The zero-order valence-electron chi connectivity index (χ0n) is 10.7. The first kappa shape index (κ1) is 12.6. The molecule has 1 aliphatic rings. The van der Waals surface area contributed by atoms with E-state index in [1.54, 1.807) is 11.3 Å². The third kappa shape index (κ3) is 2.69. The monoisotopic (exact) mass is 253 g/mol. The van der Waals surface area contributed by atoms with Gasteiger partial charge in [-0.1, -0.05) is 0 Å². The zero-order valence-corrected chi connectivity index (χ0v) is 11.5. The Bertz CT molecular complexity index is 412. The van der Waals surface area contributed by atoms with Crippen molar-refractivity contribution in [1.29, 1.82) is 0 Å². The summed E-state index contributed by atoms with van der Waals surface area (Å²) >= 11 is 1.60. The van der Waals surface area contributed by atoms with Gasteiger partial charge in [0.2, 0.25) is 0 Å². The highest BCUT2D eigenvalue weighted by molar-refractivity contribution is 7.14. The maximum atomic E-state index is 11.7. The van der Waals surface area contributed by atoms with Gasteiger partial charge in [0.1, 0.15) is 4.88 Å². The van der Waals surface area contributed by atoms with Crippen molar-refractivity contribution in [3.05, 3.63) is 21.4 Å². The molecule has 2 rings (SSSR count). The van der Waals surface area contributed by atoms with Gasteiger partial charge < -0.3 is 4.74 Å². The van der Waals surface area contributed by atoms with Gasteiger partial charge in [-0.25, -0.2) is 4.79 Å². The molecule has 0 saturated carbocycles. The van der Waals surface area contributed by atoms with Gasteiger partial charge in [0.25, 0.3) is 0 Å². The molecule has 0 amide bonds. The van der Waals surface area contributed by atoms with E-state index in [-0.39, 0.29) is 5.97 Å². The van der Waals surface area contributed by atoms with Crippen LogP contribution < -0.4 is 0 Å². The first-order valence-electron chi connectivity index (χ1n) is 6.14. The normalized spacial score (nSPS) is 16.0. The van der Waals surface area contributed by atoms with Crippen LogP contribution in [0.5, 0.6) is 0 Å². The Morgan fingerprint density at radius 3 is 3.00 bits per heavy atom. The number of hydrogen-bond acceptors (Lipinski definition) is 4. The van der Waals surface area contributed by atoms with E-state index >= 15 is 0 Å². The van der Waals surface area contributed by atoms with E-state index in [1.807, 2.05) is 13.0 Å². The van der Waals surface area contributed by atoms with Crippen LogP contribution >= 0.6 is 11.3 Å². The minimum Gasteiger partial charge on any atom is -0.462 e. The number of carbonyl (C=O) groups is 1. The molecule has 4 heteroatoms. The molecule has 0 radical (unpaired) electrons. The van der Waals surface area contributed by atoms with Crippen LogP contribution in [0.1, 0.15) is 40.9 Å². The molecule has 1 aromatic heterocycles. The summed E-state index contributed by atoms with van der Waals surface area (Å²) < 4.78 is 5.04. The van der Waals surface area contributed by atoms with Crippen molar-refractivity contribution in [2.45, 2.75) is 39.8 Å². The fourth-order valence-electron chi connectivity index (χ4n) is 2.10. The minimum absolute atomic E-state index is 0.178. The van der Waals surface area contributed by atoms with E-state index in [0.29, 0.717) is 12.6 Å². The van der Waals surface area contributed by atoms with Crippen molar-refractivity contribution < 1.29 is 9.53 Å². The topological polar surface area (TPSA) is 29.5 Å². The van der Waals surface area contributed by atoms with Crippen LogP contribution in [0.2, 0.25) is 0 Å². The van der Waals surface area contributed by atoms with E-state index in [4.69, 9.17) is 4.74 Å². The van der Waals surface area contributed by atoms with Gasteiger partial charge in [-0.15, -0.1) is 11.3 Å². The van der Waals surface area contributed by atoms with Gasteiger partial charge in [0, 0.05) is 24.0 Å². The summed E-state index contributed by atoms with van der Waals surface area (Å²) in [5.41, 5.74) is 1.30. The summed E-state index contributed by atoms with van der Waals surface area (Å²) in [4.78, 5) is 16.2. The maximum absolute atomic E-state index is 11.7. The molecule has 0 aromatic carbocycles. The van der Waals surface area contributed by atoms with Crippen molar-refractivity contribution in [2.75, 3.05) is 13.2 Å². The van der Waals surface area contributed by atoms with Crippen LogP contribution in [-0.4, -0.2) is 30.1 Å².